The second-order valence-electron chi connectivity index (χ2n) is 9.44. The minimum Gasteiger partial charge on any atom is -0.382 e. The summed E-state index contributed by atoms with van der Waals surface area (Å²) < 4.78 is 24.9. The van der Waals surface area contributed by atoms with E-state index in [4.69, 9.17) is 20.9 Å². The Hall–Kier alpha value is -3.97. The van der Waals surface area contributed by atoms with Crippen molar-refractivity contribution >= 4 is 23.1 Å². The molecule has 2 saturated heterocycles. The van der Waals surface area contributed by atoms with Gasteiger partial charge in [-0.15, -0.1) is 0 Å². The highest BCUT2D eigenvalue weighted by atomic mass is 19.1. The largest absolute Gasteiger partial charge is 0.382 e. The number of nitrogens with two attached hydrogens (primary N) is 2. The van der Waals surface area contributed by atoms with Gasteiger partial charge in [-0.3, -0.25) is 9.20 Å². The first-order valence-electron chi connectivity index (χ1n) is 12.5. The molecule has 0 radical (unpaired) electrons. The van der Waals surface area contributed by atoms with Gasteiger partial charge < -0.3 is 31.6 Å². The number of nitrogens with zero attached hydrogens (tertiary/aromatic N) is 4. The molecule has 0 bridgehead atoms. The average molecular weight is 537 g/mol. The normalized spacial score (nSPS) is 15.7. The van der Waals surface area contributed by atoms with Crippen LogP contribution in [-0.4, -0.2) is 70.3 Å². The van der Waals surface area contributed by atoms with Crippen molar-refractivity contribution in [3.8, 4) is 11.3 Å². The molecule has 3 aromatic heterocycles. The number of aryl methyl sites for hydroxylation is 1. The number of carbonyl (C=O) groups excluding carboxylic acids is 1. The van der Waals surface area contributed by atoms with Gasteiger partial charge in [0.1, 0.15) is 34.5 Å². The minimum atomic E-state index is -0.469. The molecule has 2 fully saturated rings. The Labute approximate surface area is 225 Å². The summed E-state index contributed by atoms with van der Waals surface area (Å²) in [5.41, 5.74) is 14.1. The first-order valence-corrected chi connectivity index (χ1v) is 12.5. The highest BCUT2D eigenvalue weighted by molar-refractivity contribution is 6.04. The number of halogens is 1. The summed E-state index contributed by atoms with van der Waals surface area (Å²) in [5, 5.41) is 5.72. The number of pyridine rings is 1. The fourth-order valence-electron chi connectivity index (χ4n) is 3.80. The van der Waals surface area contributed by atoms with E-state index in [2.05, 4.69) is 25.6 Å². The highest BCUT2D eigenvalue weighted by Gasteiger charge is 2.27. The van der Waals surface area contributed by atoms with Crippen LogP contribution in [0.2, 0.25) is 0 Å². The first-order chi connectivity index (χ1) is 18.7. The third kappa shape index (κ3) is 7.54. The molecule has 12 heteroatoms. The standard InChI is InChI=1S/C19H15FN6O.2C4H9NO/c1-11-24-16(17-18(21)23-8-9-26(11)17)12-2-4-13(5-3-12)19(27)25-15-10-14(20)6-7-22-15;1-4(5)2-6-3-4;1-3-6-4-2-5-1/h2-10H,1H3,(H2,21,23)(H,22,25,27);2-3,5H2,1H3;5H,1-4H2. The summed E-state index contributed by atoms with van der Waals surface area (Å²) in [6.45, 7) is 9.15. The summed E-state index contributed by atoms with van der Waals surface area (Å²) in [7, 11) is 0. The quantitative estimate of drug-likeness (QED) is 0.309. The van der Waals surface area contributed by atoms with E-state index >= 15 is 0 Å². The molecule has 206 valence electrons. The number of carbonyl (C=O) groups is 1. The number of hydrogen-bond donors (Lipinski definition) is 4. The van der Waals surface area contributed by atoms with Crippen molar-refractivity contribution < 1.29 is 18.7 Å². The smallest absolute Gasteiger partial charge is 0.256 e. The van der Waals surface area contributed by atoms with Crippen molar-refractivity contribution in [2.45, 2.75) is 19.4 Å². The number of amides is 1. The molecule has 6 N–H and O–H groups in total. The van der Waals surface area contributed by atoms with Crippen LogP contribution in [0.5, 0.6) is 0 Å². The zero-order chi connectivity index (χ0) is 27.8. The van der Waals surface area contributed by atoms with Gasteiger partial charge in [0.15, 0.2) is 0 Å². The zero-order valence-electron chi connectivity index (χ0n) is 22.0. The summed E-state index contributed by atoms with van der Waals surface area (Å²) >= 11 is 0. The summed E-state index contributed by atoms with van der Waals surface area (Å²) in [6.07, 6.45) is 4.71. The van der Waals surface area contributed by atoms with Crippen molar-refractivity contribution in [3.63, 3.8) is 0 Å². The Morgan fingerprint density at radius 1 is 1.10 bits per heavy atom. The SMILES string of the molecule is C1COCCN1.CC1(N)COC1.Cc1nc(-c2ccc(C(=O)Nc3cc(F)ccn3)cc2)c2c(N)nccn12. The van der Waals surface area contributed by atoms with E-state index in [-0.39, 0.29) is 17.3 Å². The van der Waals surface area contributed by atoms with Crippen LogP contribution in [0.15, 0.2) is 55.0 Å². The second kappa shape index (κ2) is 12.7. The Morgan fingerprint density at radius 3 is 2.33 bits per heavy atom. The van der Waals surface area contributed by atoms with E-state index in [1.54, 1.807) is 36.7 Å². The van der Waals surface area contributed by atoms with Crippen LogP contribution >= 0.6 is 0 Å². The number of nitrogen functional groups attached to an aromatic ring is 1. The fraction of sp³-hybridized carbons (Fsp3) is 0.333. The Bertz CT molecular complexity index is 1390. The van der Waals surface area contributed by atoms with Gasteiger partial charge in [0, 0.05) is 48.9 Å². The van der Waals surface area contributed by atoms with Crippen molar-refractivity contribution in [2.75, 3.05) is 50.6 Å². The summed E-state index contributed by atoms with van der Waals surface area (Å²) in [4.78, 5) is 24.9. The van der Waals surface area contributed by atoms with E-state index in [0.29, 0.717) is 17.1 Å². The number of aromatic nitrogens is 4. The Morgan fingerprint density at radius 2 is 1.79 bits per heavy atom. The van der Waals surface area contributed by atoms with Crippen LogP contribution in [0, 0.1) is 12.7 Å². The van der Waals surface area contributed by atoms with E-state index in [1.165, 1.54) is 12.3 Å². The predicted octanol–water partition coefficient (Wildman–Crippen LogP) is 2.41. The van der Waals surface area contributed by atoms with E-state index in [9.17, 15) is 9.18 Å². The molecule has 11 nitrogen and oxygen atoms in total. The van der Waals surface area contributed by atoms with Gasteiger partial charge in [0.2, 0.25) is 0 Å². The molecule has 39 heavy (non-hydrogen) atoms. The molecule has 0 aliphatic carbocycles. The van der Waals surface area contributed by atoms with Gasteiger partial charge >= 0.3 is 0 Å². The second-order valence-corrected chi connectivity index (χ2v) is 9.44. The number of morpholine rings is 1. The molecule has 1 aromatic carbocycles. The molecule has 0 saturated carbocycles. The zero-order valence-corrected chi connectivity index (χ0v) is 22.0. The number of benzene rings is 1. The molecule has 2 aliphatic rings. The number of hydrogen-bond acceptors (Lipinski definition) is 9. The molecule has 6 rings (SSSR count). The number of rotatable bonds is 3. The lowest BCUT2D eigenvalue weighted by atomic mass is 10.0. The Balaban J connectivity index is 0.000000241. The van der Waals surface area contributed by atoms with Crippen LogP contribution in [-0.2, 0) is 9.47 Å². The van der Waals surface area contributed by atoms with E-state index < -0.39 is 5.82 Å². The van der Waals surface area contributed by atoms with Crippen LogP contribution in [0.3, 0.4) is 0 Å². The predicted molar refractivity (Wildman–Crippen MR) is 147 cm³/mol. The number of anilines is 2. The first kappa shape index (κ1) is 28.0. The van der Waals surface area contributed by atoms with Crippen LogP contribution in [0.4, 0.5) is 16.0 Å². The molecular weight excluding hydrogens is 503 g/mol. The molecule has 1 amide bonds. The maximum atomic E-state index is 13.2. The van der Waals surface area contributed by atoms with Crippen molar-refractivity contribution in [3.05, 3.63) is 72.2 Å². The van der Waals surface area contributed by atoms with Gasteiger partial charge in [-0.05, 0) is 32.0 Å². The Kier molecular flexibility index (Phi) is 9.15. The van der Waals surface area contributed by atoms with E-state index in [1.807, 2.05) is 18.2 Å². The number of ether oxygens (including phenoxy) is 2. The molecule has 0 atom stereocenters. The third-order valence-electron chi connectivity index (χ3n) is 5.85. The van der Waals surface area contributed by atoms with Crippen LogP contribution in [0.1, 0.15) is 23.1 Å². The lowest BCUT2D eigenvalue weighted by Crippen LogP contribution is -2.54. The summed E-state index contributed by atoms with van der Waals surface area (Å²) in [6, 6.07) is 9.25. The summed E-state index contributed by atoms with van der Waals surface area (Å²) in [5.74, 6) is 0.467. The molecular formula is C27H33FN8O3. The van der Waals surface area contributed by atoms with Crippen molar-refractivity contribution in [2.24, 2.45) is 5.73 Å². The van der Waals surface area contributed by atoms with Gasteiger partial charge in [-0.2, -0.15) is 0 Å². The maximum Gasteiger partial charge on any atom is 0.256 e. The van der Waals surface area contributed by atoms with Gasteiger partial charge in [-0.1, -0.05) is 12.1 Å². The van der Waals surface area contributed by atoms with Gasteiger partial charge in [-0.25, -0.2) is 19.3 Å². The highest BCUT2D eigenvalue weighted by Crippen LogP contribution is 2.28. The molecule has 0 unspecified atom stereocenters. The molecule has 2 aliphatic heterocycles. The number of fused-ring (bicyclic) bond motifs is 1. The monoisotopic (exact) mass is 536 g/mol. The third-order valence-corrected chi connectivity index (χ3v) is 5.85. The van der Waals surface area contributed by atoms with Crippen molar-refractivity contribution in [1.29, 1.82) is 0 Å². The van der Waals surface area contributed by atoms with Gasteiger partial charge in [0.05, 0.1) is 32.0 Å². The molecule has 0 spiro atoms. The van der Waals surface area contributed by atoms with Crippen molar-refractivity contribution in [1.82, 2.24) is 24.7 Å². The maximum absolute atomic E-state index is 13.2. The van der Waals surface area contributed by atoms with E-state index in [0.717, 1.165) is 62.5 Å². The molecule has 4 aromatic rings. The fourth-order valence-corrected chi connectivity index (χ4v) is 3.80. The topological polar surface area (TPSA) is 155 Å². The molecule has 5 heterocycles. The average Bonchev–Trinajstić information content (AvgIpc) is 3.27. The minimum absolute atomic E-state index is 0. The number of nitrogens with one attached hydrogen (secondary N) is 2. The lowest BCUT2D eigenvalue weighted by Gasteiger charge is -2.33. The van der Waals surface area contributed by atoms with Crippen LogP contribution < -0.4 is 22.1 Å². The number of imidazole rings is 1. The van der Waals surface area contributed by atoms with Gasteiger partial charge in [0.25, 0.3) is 5.91 Å². The lowest BCUT2D eigenvalue weighted by molar-refractivity contribution is -0.0433. The van der Waals surface area contributed by atoms with Crippen LogP contribution in [0.25, 0.3) is 16.8 Å².